The summed E-state index contributed by atoms with van der Waals surface area (Å²) in [6.07, 6.45) is 0. The van der Waals surface area contributed by atoms with Gasteiger partial charge in [-0.15, -0.1) is 0 Å². The number of β-amino-alcohol motifs (C(OH)–C–C–N with tert-alkyl or cyclic N) is 1. The summed E-state index contributed by atoms with van der Waals surface area (Å²) in [5.41, 5.74) is 2.49. The monoisotopic (exact) mass is 248 g/mol. The molecule has 2 rings (SSSR count). The van der Waals surface area contributed by atoms with E-state index in [9.17, 15) is 9.90 Å². The lowest BCUT2D eigenvalue weighted by Crippen LogP contribution is -2.61. The van der Waals surface area contributed by atoms with E-state index in [2.05, 4.69) is 5.32 Å². The predicted molar refractivity (Wildman–Crippen MR) is 71.6 cm³/mol. The lowest BCUT2D eigenvalue weighted by molar-refractivity contribution is -0.125. The van der Waals surface area contributed by atoms with Crippen LogP contribution in [0.4, 0.5) is 5.69 Å². The number of aryl methyl sites for hydroxylation is 2. The fraction of sp³-hybridized carbons (Fsp3) is 0.500. The first kappa shape index (κ1) is 13.1. The van der Waals surface area contributed by atoms with Crippen molar-refractivity contribution in [3.63, 3.8) is 0 Å². The highest BCUT2D eigenvalue weighted by molar-refractivity contribution is 5.93. The highest BCUT2D eigenvalue weighted by Crippen LogP contribution is 2.20. The highest BCUT2D eigenvalue weighted by atomic mass is 16.3. The van der Waals surface area contributed by atoms with Crippen LogP contribution < -0.4 is 5.32 Å². The summed E-state index contributed by atoms with van der Waals surface area (Å²) in [7, 11) is 0. The van der Waals surface area contributed by atoms with Gasteiger partial charge in [-0.1, -0.05) is 17.7 Å². The number of nitrogens with one attached hydrogen (secondary N) is 1. The molecule has 0 unspecified atom stereocenters. The number of carbonyl (C=O) groups excluding carboxylic acids is 1. The largest absolute Gasteiger partial charge is 0.388 e. The van der Waals surface area contributed by atoms with E-state index in [1.54, 1.807) is 6.92 Å². The van der Waals surface area contributed by atoms with Crippen LogP contribution in [0, 0.1) is 13.8 Å². The van der Waals surface area contributed by atoms with Crippen molar-refractivity contribution in [2.24, 2.45) is 0 Å². The normalized spacial score (nSPS) is 18.2. The zero-order valence-electron chi connectivity index (χ0n) is 11.2. The van der Waals surface area contributed by atoms with Gasteiger partial charge in [0.15, 0.2) is 0 Å². The van der Waals surface area contributed by atoms with Crippen LogP contribution in [-0.4, -0.2) is 41.1 Å². The van der Waals surface area contributed by atoms with E-state index in [1.807, 2.05) is 36.9 Å². The summed E-state index contributed by atoms with van der Waals surface area (Å²) >= 11 is 0. The van der Waals surface area contributed by atoms with Crippen LogP contribution >= 0.6 is 0 Å². The van der Waals surface area contributed by atoms with E-state index in [-0.39, 0.29) is 5.91 Å². The maximum absolute atomic E-state index is 11.8. The molecule has 18 heavy (non-hydrogen) atoms. The number of carbonyl (C=O) groups is 1. The molecule has 1 aromatic carbocycles. The van der Waals surface area contributed by atoms with Crippen LogP contribution in [0.1, 0.15) is 18.1 Å². The second-order valence-electron chi connectivity index (χ2n) is 5.51. The Morgan fingerprint density at radius 3 is 2.67 bits per heavy atom. The van der Waals surface area contributed by atoms with Gasteiger partial charge in [0.25, 0.3) is 0 Å². The summed E-state index contributed by atoms with van der Waals surface area (Å²) in [5.74, 6) is -0.0301. The zero-order chi connectivity index (χ0) is 13.3. The third-order valence-corrected chi connectivity index (χ3v) is 3.15. The molecule has 0 atom stereocenters. The van der Waals surface area contributed by atoms with E-state index < -0.39 is 5.60 Å². The molecule has 4 heteroatoms. The molecule has 0 bridgehead atoms. The number of anilines is 1. The molecular formula is C14H20N2O2. The van der Waals surface area contributed by atoms with Crippen molar-refractivity contribution in [1.82, 2.24) is 4.90 Å². The summed E-state index contributed by atoms with van der Waals surface area (Å²) in [5, 5.41) is 12.5. The van der Waals surface area contributed by atoms with Gasteiger partial charge in [0.1, 0.15) is 0 Å². The summed E-state index contributed by atoms with van der Waals surface area (Å²) in [6, 6.07) is 5.95. The van der Waals surface area contributed by atoms with Gasteiger partial charge in [0.05, 0.1) is 12.1 Å². The molecule has 1 aromatic rings. The minimum Gasteiger partial charge on any atom is -0.388 e. The number of aliphatic hydroxyl groups is 1. The second-order valence-corrected chi connectivity index (χ2v) is 5.51. The third kappa shape index (κ3) is 3.09. The Bertz CT molecular complexity index is 461. The molecule has 4 nitrogen and oxygen atoms in total. The number of nitrogens with zero attached hydrogens (tertiary/aromatic N) is 1. The minimum atomic E-state index is -0.625. The Morgan fingerprint density at radius 2 is 2.11 bits per heavy atom. The first-order valence-corrected chi connectivity index (χ1v) is 6.18. The zero-order valence-corrected chi connectivity index (χ0v) is 11.2. The standard InChI is InChI=1S/C14H20N2O2/c1-10-4-5-12(11(2)6-10)15-13(17)7-16-8-14(3,18)9-16/h4-6,18H,7-9H2,1-3H3,(H,15,17). The SMILES string of the molecule is Cc1ccc(NC(=O)CN2CC(C)(O)C2)c(C)c1. The molecule has 1 amide bonds. The maximum Gasteiger partial charge on any atom is 0.238 e. The van der Waals surface area contributed by atoms with Crippen molar-refractivity contribution in [2.45, 2.75) is 26.4 Å². The predicted octanol–water partition coefficient (Wildman–Crippen LogP) is 1.31. The quantitative estimate of drug-likeness (QED) is 0.848. The van der Waals surface area contributed by atoms with Gasteiger partial charge in [-0.05, 0) is 32.4 Å². The lowest BCUT2D eigenvalue weighted by Gasteiger charge is -2.43. The van der Waals surface area contributed by atoms with E-state index in [0.29, 0.717) is 19.6 Å². The minimum absolute atomic E-state index is 0.0301. The molecule has 0 spiro atoms. The van der Waals surface area contributed by atoms with Crippen LogP contribution in [0.2, 0.25) is 0 Å². The van der Waals surface area contributed by atoms with Crippen molar-refractivity contribution < 1.29 is 9.90 Å². The average molecular weight is 248 g/mol. The van der Waals surface area contributed by atoms with E-state index in [0.717, 1.165) is 11.3 Å². The van der Waals surface area contributed by atoms with Gasteiger partial charge in [-0.3, -0.25) is 9.69 Å². The van der Waals surface area contributed by atoms with Crippen molar-refractivity contribution in [1.29, 1.82) is 0 Å². The van der Waals surface area contributed by atoms with Crippen LogP contribution in [-0.2, 0) is 4.79 Å². The Balaban J connectivity index is 1.88. The summed E-state index contributed by atoms with van der Waals surface area (Å²) in [4.78, 5) is 13.8. The molecule has 1 fully saturated rings. The van der Waals surface area contributed by atoms with Gasteiger partial charge in [-0.25, -0.2) is 0 Å². The molecule has 1 aliphatic rings. The second kappa shape index (κ2) is 4.71. The molecule has 0 radical (unpaired) electrons. The summed E-state index contributed by atoms with van der Waals surface area (Å²) < 4.78 is 0. The van der Waals surface area contributed by atoms with Gasteiger partial charge >= 0.3 is 0 Å². The van der Waals surface area contributed by atoms with E-state index in [1.165, 1.54) is 5.56 Å². The smallest absolute Gasteiger partial charge is 0.238 e. The van der Waals surface area contributed by atoms with Crippen LogP contribution in [0.25, 0.3) is 0 Å². The van der Waals surface area contributed by atoms with Gasteiger partial charge in [-0.2, -0.15) is 0 Å². The summed E-state index contributed by atoms with van der Waals surface area (Å²) in [6.45, 7) is 7.26. The first-order valence-electron chi connectivity index (χ1n) is 6.18. The lowest BCUT2D eigenvalue weighted by atomic mass is 9.97. The molecule has 0 aromatic heterocycles. The van der Waals surface area contributed by atoms with E-state index in [4.69, 9.17) is 0 Å². The number of likely N-dealkylation sites (tertiary alicyclic amines) is 1. The number of hydrogen-bond acceptors (Lipinski definition) is 3. The number of hydrogen-bond donors (Lipinski definition) is 2. The topological polar surface area (TPSA) is 52.6 Å². The molecule has 2 N–H and O–H groups in total. The van der Waals surface area contributed by atoms with Crippen molar-refractivity contribution in [2.75, 3.05) is 25.0 Å². The molecule has 1 heterocycles. The van der Waals surface area contributed by atoms with Crippen LogP contribution in [0.3, 0.4) is 0 Å². The number of benzene rings is 1. The third-order valence-electron chi connectivity index (χ3n) is 3.15. The Labute approximate surface area is 108 Å². The average Bonchev–Trinajstić information content (AvgIpc) is 2.19. The van der Waals surface area contributed by atoms with Crippen molar-refractivity contribution >= 4 is 11.6 Å². The first-order chi connectivity index (χ1) is 8.35. The van der Waals surface area contributed by atoms with Crippen molar-refractivity contribution in [3.8, 4) is 0 Å². The molecule has 0 aliphatic carbocycles. The Morgan fingerprint density at radius 1 is 1.44 bits per heavy atom. The fourth-order valence-electron chi connectivity index (χ4n) is 2.38. The van der Waals surface area contributed by atoms with Crippen molar-refractivity contribution in [3.05, 3.63) is 29.3 Å². The molecule has 98 valence electrons. The molecule has 1 saturated heterocycles. The molecule has 0 saturated carbocycles. The molecular weight excluding hydrogens is 228 g/mol. The van der Waals surface area contributed by atoms with Gasteiger partial charge in [0, 0.05) is 18.8 Å². The van der Waals surface area contributed by atoms with Crippen LogP contribution in [0.15, 0.2) is 18.2 Å². The fourth-order valence-corrected chi connectivity index (χ4v) is 2.38. The number of amides is 1. The number of rotatable bonds is 3. The maximum atomic E-state index is 11.8. The Kier molecular flexibility index (Phi) is 3.41. The Hall–Kier alpha value is -1.39. The highest BCUT2D eigenvalue weighted by Gasteiger charge is 2.37. The van der Waals surface area contributed by atoms with Crippen LogP contribution in [0.5, 0.6) is 0 Å². The molecule has 1 aliphatic heterocycles. The van der Waals surface area contributed by atoms with Gasteiger partial charge < -0.3 is 10.4 Å². The van der Waals surface area contributed by atoms with Gasteiger partial charge in [0.2, 0.25) is 5.91 Å². The van der Waals surface area contributed by atoms with E-state index >= 15 is 0 Å².